The number of carbonyl (C=O) groups excluding carboxylic acids is 4. The van der Waals surface area contributed by atoms with Gasteiger partial charge in [0.25, 0.3) is 5.69 Å². The highest BCUT2D eigenvalue weighted by Crippen LogP contribution is 2.44. The molecule has 4 aromatic rings. The molecule has 1 aliphatic carbocycles. The van der Waals surface area contributed by atoms with Crippen molar-refractivity contribution in [3.8, 4) is 29.2 Å². The standard InChI is InChI=1S/C40H38N4O9/c1-5-10-35(53-40(48)52-29-21-19-28(20-22-29)44(49)50)26-15-17-27(18-16-26)42-37(45)25(4)41-38(46)36(24(2)3)43-39(47)51-23-34-32-13-8-6-11-30(32)31-12-7-9-14-33(31)34/h1,6-9,11-22,24-25,34-36H,10,23H2,2-4H3,(H,41,46)(H,42,45)(H,43,47). The second kappa shape index (κ2) is 17.0. The first-order valence-corrected chi connectivity index (χ1v) is 16.8. The number of hydrogen-bond donors (Lipinski definition) is 3. The first-order chi connectivity index (χ1) is 25.4. The van der Waals surface area contributed by atoms with Crippen molar-refractivity contribution in [3.63, 3.8) is 0 Å². The number of nitrogens with one attached hydrogen (secondary N) is 3. The molecule has 1 aliphatic rings. The molecule has 0 fully saturated rings. The van der Waals surface area contributed by atoms with Gasteiger partial charge in [-0.25, -0.2) is 9.59 Å². The summed E-state index contributed by atoms with van der Waals surface area (Å²) in [7, 11) is 0. The number of benzene rings is 4. The third-order valence-electron chi connectivity index (χ3n) is 8.66. The topological polar surface area (TPSA) is 175 Å². The monoisotopic (exact) mass is 718 g/mol. The number of nitrogens with zero attached hydrogens (tertiary/aromatic N) is 1. The lowest BCUT2D eigenvalue weighted by Crippen LogP contribution is -2.53. The summed E-state index contributed by atoms with van der Waals surface area (Å²) in [6.07, 6.45) is 2.81. The first kappa shape index (κ1) is 37.6. The van der Waals surface area contributed by atoms with E-state index >= 15 is 0 Å². The van der Waals surface area contributed by atoms with Gasteiger partial charge < -0.3 is 30.2 Å². The number of alkyl carbamates (subject to hydrolysis) is 1. The van der Waals surface area contributed by atoms with Gasteiger partial charge in [0.1, 0.15) is 30.5 Å². The van der Waals surface area contributed by atoms with Crippen LogP contribution in [-0.4, -0.2) is 47.7 Å². The van der Waals surface area contributed by atoms with Gasteiger partial charge in [0.15, 0.2) is 0 Å². The Morgan fingerprint density at radius 3 is 2.00 bits per heavy atom. The summed E-state index contributed by atoms with van der Waals surface area (Å²) in [5, 5.41) is 18.9. The molecule has 53 heavy (non-hydrogen) atoms. The van der Waals surface area contributed by atoms with E-state index in [-0.39, 0.29) is 36.3 Å². The number of fused-ring (bicyclic) bond motifs is 3. The number of amides is 3. The highest BCUT2D eigenvalue weighted by Gasteiger charge is 2.31. The van der Waals surface area contributed by atoms with Gasteiger partial charge in [-0.15, -0.1) is 12.3 Å². The van der Waals surface area contributed by atoms with E-state index in [0.717, 1.165) is 22.3 Å². The second-order valence-electron chi connectivity index (χ2n) is 12.7. The summed E-state index contributed by atoms with van der Waals surface area (Å²) < 4.78 is 16.1. The van der Waals surface area contributed by atoms with E-state index in [2.05, 4.69) is 21.9 Å². The van der Waals surface area contributed by atoms with E-state index in [1.165, 1.54) is 31.2 Å². The molecule has 3 unspecified atom stereocenters. The maximum atomic E-state index is 13.2. The van der Waals surface area contributed by atoms with Crippen molar-refractivity contribution >= 4 is 35.4 Å². The van der Waals surface area contributed by atoms with Gasteiger partial charge in [-0.2, -0.15) is 0 Å². The molecule has 0 saturated carbocycles. The third-order valence-corrected chi connectivity index (χ3v) is 8.66. The molecule has 3 atom stereocenters. The Kier molecular flexibility index (Phi) is 12.1. The minimum absolute atomic E-state index is 0.0191. The molecule has 272 valence electrons. The van der Waals surface area contributed by atoms with Gasteiger partial charge in [-0.05, 0) is 64.9 Å². The summed E-state index contributed by atoms with van der Waals surface area (Å²) in [4.78, 5) is 61.9. The van der Waals surface area contributed by atoms with Gasteiger partial charge in [0.05, 0.1) is 11.3 Å². The Morgan fingerprint density at radius 1 is 0.830 bits per heavy atom. The molecule has 13 nitrogen and oxygen atoms in total. The number of hydrogen-bond acceptors (Lipinski definition) is 9. The van der Waals surface area contributed by atoms with Gasteiger partial charge in [-0.1, -0.05) is 74.5 Å². The molecule has 3 N–H and O–H groups in total. The average Bonchev–Trinajstić information content (AvgIpc) is 3.46. The van der Waals surface area contributed by atoms with Crippen molar-refractivity contribution < 1.29 is 38.3 Å². The maximum absolute atomic E-state index is 13.2. The Bertz CT molecular complexity index is 1980. The number of nitro groups is 1. The van der Waals surface area contributed by atoms with E-state index in [1.807, 2.05) is 48.5 Å². The van der Waals surface area contributed by atoms with E-state index < -0.39 is 47.2 Å². The Hall–Kier alpha value is -6.68. The predicted molar refractivity (Wildman–Crippen MR) is 196 cm³/mol. The number of anilines is 1. The molecular weight excluding hydrogens is 680 g/mol. The van der Waals surface area contributed by atoms with Crippen LogP contribution in [0, 0.1) is 28.4 Å². The summed E-state index contributed by atoms with van der Waals surface area (Å²) in [5.41, 5.74) is 5.08. The normalized spacial score (nSPS) is 13.3. The number of nitro benzene ring substituents is 1. The van der Waals surface area contributed by atoms with Crippen molar-refractivity contribution in [1.29, 1.82) is 0 Å². The molecule has 0 aliphatic heterocycles. The van der Waals surface area contributed by atoms with Gasteiger partial charge in [-0.3, -0.25) is 19.7 Å². The van der Waals surface area contributed by atoms with Crippen LogP contribution >= 0.6 is 0 Å². The smallest absolute Gasteiger partial charge is 0.449 e. The fraction of sp³-hybridized carbons (Fsp3) is 0.250. The van der Waals surface area contributed by atoms with Crippen LogP contribution in [0.15, 0.2) is 97.1 Å². The van der Waals surface area contributed by atoms with E-state index in [4.69, 9.17) is 20.6 Å². The first-order valence-electron chi connectivity index (χ1n) is 16.8. The van der Waals surface area contributed by atoms with E-state index in [0.29, 0.717) is 11.3 Å². The number of rotatable bonds is 13. The zero-order chi connectivity index (χ0) is 38.1. The molecule has 0 radical (unpaired) electrons. The Labute approximate surface area is 306 Å². The molecule has 0 spiro atoms. The molecule has 3 amide bonds. The van der Waals surface area contributed by atoms with E-state index in [9.17, 15) is 29.3 Å². The third kappa shape index (κ3) is 9.36. The highest BCUT2D eigenvalue weighted by atomic mass is 16.7. The zero-order valence-electron chi connectivity index (χ0n) is 29.2. The van der Waals surface area contributed by atoms with Crippen molar-refractivity contribution in [2.24, 2.45) is 5.92 Å². The summed E-state index contributed by atoms with van der Waals surface area (Å²) in [5.74, 6) is 0.961. The van der Waals surface area contributed by atoms with Gasteiger partial charge >= 0.3 is 12.2 Å². The van der Waals surface area contributed by atoms with Crippen LogP contribution in [0.4, 0.5) is 21.0 Å². The van der Waals surface area contributed by atoms with Crippen molar-refractivity contribution in [2.75, 3.05) is 11.9 Å². The fourth-order valence-corrected chi connectivity index (χ4v) is 5.91. The average molecular weight is 719 g/mol. The predicted octanol–water partition coefficient (Wildman–Crippen LogP) is 6.88. The van der Waals surface area contributed by atoms with Crippen LogP contribution in [0.2, 0.25) is 0 Å². The molecule has 13 heteroatoms. The SMILES string of the molecule is C#CCC(OC(=O)Oc1ccc([N+](=O)[O-])cc1)c1ccc(NC(=O)C(C)NC(=O)C(NC(=O)OCC2c3ccccc3-c3ccccc32)C(C)C)cc1. The van der Waals surface area contributed by atoms with Crippen molar-refractivity contribution in [3.05, 3.63) is 124 Å². The number of ether oxygens (including phenoxy) is 3. The van der Waals surface area contributed by atoms with Crippen LogP contribution in [-0.2, 0) is 19.1 Å². The molecule has 4 aromatic carbocycles. The molecule has 0 aromatic heterocycles. The fourth-order valence-electron chi connectivity index (χ4n) is 5.91. The molecule has 0 saturated heterocycles. The van der Waals surface area contributed by atoms with Crippen LogP contribution < -0.4 is 20.7 Å². The minimum Gasteiger partial charge on any atom is -0.449 e. The minimum atomic E-state index is -1.06. The summed E-state index contributed by atoms with van der Waals surface area (Å²) >= 11 is 0. The molecular formula is C40H38N4O9. The largest absolute Gasteiger partial charge is 0.514 e. The van der Waals surface area contributed by atoms with Crippen LogP contribution in [0.1, 0.15) is 55.9 Å². The Morgan fingerprint density at radius 2 is 1.43 bits per heavy atom. The molecule has 5 rings (SSSR count). The van der Waals surface area contributed by atoms with Crippen LogP contribution in [0.25, 0.3) is 11.1 Å². The molecule has 0 bridgehead atoms. The van der Waals surface area contributed by atoms with Gasteiger partial charge in [0, 0.05) is 23.7 Å². The Balaban J connectivity index is 1.12. The van der Waals surface area contributed by atoms with E-state index in [1.54, 1.807) is 38.1 Å². The lowest BCUT2D eigenvalue weighted by Gasteiger charge is -2.24. The molecule has 0 heterocycles. The zero-order valence-corrected chi connectivity index (χ0v) is 29.2. The maximum Gasteiger partial charge on any atom is 0.514 e. The summed E-state index contributed by atoms with van der Waals surface area (Å²) in [6, 6.07) is 25.3. The number of terminal acetylenes is 1. The van der Waals surface area contributed by atoms with Crippen LogP contribution in [0.5, 0.6) is 5.75 Å². The van der Waals surface area contributed by atoms with Gasteiger partial charge in [0.2, 0.25) is 11.8 Å². The lowest BCUT2D eigenvalue weighted by molar-refractivity contribution is -0.384. The van der Waals surface area contributed by atoms with Crippen LogP contribution in [0.3, 0.4) is 0 Å². The van der Waals surface area contributed by atoms with Crippen molar-refractivity contribution in [1.82, 2.24) is 10.6 Å². The number of carbonyl (C=O) groups is 4. The van der Waals surface area contributed by atoms with Crippen molar-refractivity contribution in [2.45, 2.75) is 51.3 Å². The highest BCUT2D eigenvalue weighted by molar-refractivity contribution is 5.98. The number of non-ortho nitro benzene ring substituents is 1. The quantitative estimate of drug-likeness (QED) is 0.0437. The second-order valence-corrected chi connectivity index (χ2v) is 12.7. The lowest BCUT2D eigenvalue weighted by atomic mass is 9.98. The summed E-state index contributed by atoms with van der Waals surface area (Å²) in [6.45, 7) is 5.14.